The van der Waals surface area contributed by atoms with Gasteiger partial charge < -0.3 is 10.6 Å². The zero-order chi connectivity index (χ0) is 16.7. The van der Waals surface area contributed by atoms with E-state index in [9.17, 15) is 9.59 Å². The fraction of sp³-hybridized carbons (Fsp3) is 0.125. The molecule has 2 N–H and O–H groups in total. The van der Waals surface area contributed by atoms with E-state index in [4.69, 9.17) is 16.9 Å². The first-order chi connectivity index (χ1) is 11.1. The topological polar surface area (TPSA) is 94.9 Å². The van der Waals surface area contributed by atoms with Gasteiger partial charge in [-0.05, 0) is 29.8 Å². The molecule has 116 valence electrons. The van der Waals surface area contributed by atoms with Crippen LogP contribution >= 0.6 is 11.6 Å². The summed E-state index contributed by atoms with van der Waals surface area (Å²) in [6.07, 6.45) is 1.73. The standard InChI is InChI=1S/C16H13ClN4O2/c17-12-6-8-19-14(9-12)16(23)20-10-15(22)21-13-3-1-11(2-4-13)5-7-18/h1-4,6,8-9H,5,10H2,(H,20,23)(H,21,22). The SMILES string of the molecule is N#CCc1ccc(NC(=O)CNC(=O)c2cc(Cl)ccn2)cc1. The molecule has 0 fully saturated rings. The molecule has 2 rings (SSSR count). The minimum Gasteiger partial charge on any atom is -0.342 e. The highest BCUT2D eigenvalue weighted by Crippen LogP contribution is 2.10. The minimum atomic E-state index is -0.480. The Morgan fingerprint density at radius 1 is 1.22 bits per heavy atom. The van der Waals surface area contributed by atoms with Gasteiger partial charge in [0.1, 0.15) is 5.69 Å². The van der Waals surface area contributed by atoms with Crippen LogP contribution < -0.4 is 10.6 Å². The molecule has 1 heterocycles. The van der Waals surface area contributed by atoms with Gasteiger partial charge in [0.25, 0.3) is 5.91 Å². The van der Waals surface area contributed by atoms with Gasteiger partial charge in [-0.2, -0.15) is 5.26 Å². The van der Waals surface area contributed by atoms with Crippen LogP contribution in [-0.2, 0) is 11.2 Å². The lowest BCUT2D eigenvalue weighted by Gasteiger charge is -2.07. The maximum Gasteiger partial charge on any atom is 0.270 e. The highest BCUT2D eigenvalue weighted by molar-refractivity contribution is 6.30. The third-order valence-electron chi connectivity index (χ3n) is 2.88. The zero-order valence-corrected chi connectivity index (χ0v) is 12.8. The predicted molar refractivity (Wildman–Crippen MR) is 86.0 cm³/mol. The van der Waals surface area contributed by atoms with Crippen LogP contribution in [0.15, 0.2) is 42.6 Å². The van der Waals surface area contributed by atoms with Gasteiger partial charge >= 0.3 is 0 Å². The molecule has 0 bridgehead atoms. The maximum atomic E-state index is 11.8. The highest BCUT2D eigenvalue weighted by Gasteiger charge is 2.10. The highest BCUT2D eigenvalue weighted by atomic mass is 35.5. The van der Waals surface area contributed by atoms with Gasteiger partial charge in [-0.1, -0.05) is 23.7 Å². The van der Waals surface area contributed by atoms with Crippen LogP contribution in [-0.4, -0.2) is 23.3 Å². The number of aromatic nitrogens is 1. The van der Waals surface area contributed by atoms with E-state index in [2.05, 4.69) is 15.6 Å². The molecule has 1 aromatic carbocycles. The lowest BCUT2D eigenvalue weighted by molar-refractivity contribution is -0.115. The number of benzene rings is 1. The van der Waals surface area contributed by atoms with Gasteiger partial charge in [0.15, 0.2) is 0 Å². The number of amides is 2. The van der Waals surface area contributed by atoms with E-state index in [1.165, 1.54) is 12.3 Å². The first kappa shape index (κ1) is 16.5. The molecule has 0 aliphatic carbocycles. The van der Waals surface area contributed by atoms with E-state index < -0.39 is 5.91 Å². The van der Waals surface area contributed by atoms with Gasteiger partial charge in [0.2, 0.25) is 5.91 Å². The van der Waals surface area contributed by atoms with Crippen molar-refractivity contribution < 1.29 is 9.59 Å². The van der Waals surface area contributed by atoms with E-state index in [1.807, 2.05) is 6.07 Å². The van der Waals surface area contributed by atoms with Crippen molar-refractivity contribution in [2.45, 2.75) is 6.42 Å². The first-order valence-electron chi connectivity index (χ1n) is 6.74. The molecule has 0 unspecified atom stereocenters. The van der Waals surface area contributed by atoms with Crippen molar-refractivity contribution in [1.29, 1.82) is 5.26 Å². The fourth-order valence-electron chi connectivity index (χ4n) is 1.78. The zero-order valence-electron chi connectivity index (χ0n) is 12.0. The van der Waals surface area contributed by atoms with Crippen LogP contribution in [0.3, 0.4) is 0 Å². The van der Waals surface area contributed by atoms with Gasteiger partial charge in [-0.3, -0.25) is 14.6 Å². The van der Waals surface area contributed by atoms with Crippen molar-refractivity contribution in [3.8, 4) is 6.07 Å². The number of nitrogens with zero attached hydrogens (tertiary/aromatic N) is 2. The average molecular weight is 329 g/mol. The Balaban J connectivity index is 1.85. The second-order valence-corrected chi connectivity index (χ2v) is 5.06. The number of nitrogens with one attached hydrogen (secondary N) is 2. The summed E-state index contributed by atoms with van der Waals surface area (Å²) in [5.74, 6) is -0.847. The Bertz CT molecular complexity index is 753. The summed E-state index contributed by atoms with van der Waals surface area (Å²) in [6.45, 7) is -0.188. The summed E-state index contributed by atoms with van der Waals surface area (Å²) >= 11 is 5.77. The van der Waals surface area contributed by atoms with E-state index in [1.54, 1.807) is 30.3 Å². The van der Waals surface area contributed by atoms with Gasteiger partial charge in [0.05, 0.1) is 19.0 Å². The number of hydrogen-bond donors (Lipinski definition) is 2. The predicted octanol–water partition coefficient (Wildman–Crippen LogP) is 2.17. The smallest absolute Gasteiger partial charge is 0.270 e. The summed E-state index contributed by atoms with van der Waals surface area (Å²) in [6, 6.07) is 11.9. The largest absolute Gasteiger partial charge is 0.342 e. The number of rotatable bonds is 5. The van der Waals surface area contributed by atoms with Crippen molar-refractivity contribution in [1.82, 2.24) is 10.3 Å². The Hall–Kier alpha value is -2.91. The molecular weight excluding hydrogens is 316 g/mol. The Morgan fingerprint density at radius 3 is 2.61 bits per heavy atom. The minimum absolute atomic E-state index is 0.145. The number of anilines is 1. The van der Waals surface area contributed by atoms with Gasteiger partial charge in [0, 0.05) is 16.9 Å². The Morgan fingerprint density at radius 2 is 1.96 bits per heavy atom. The van der Waals surface area contributed by atoms with Crippen LogP contribution in [0.4, 0.5) is 5.69 Å². The molecule has 0 aliphatic rings. The number of halogens is 1. The van der Waals surface area contributed by atoms with Crippen LogP contribution in [0.2, 0.25) is 5.02 Å². The molecular formula is C16H13ClN4O2. The number of pyridine rings is 1. The molecule has 0 saturated carbocycles. The summed E-state index contributed by atoms with van der Waals surface area (Å²) in [5.41, 5.74) is 1.60. The first-order valence-corrected chi connectivity index (χ1v) is 7.12. The van der Waals surface area contributed by atoms with E-state index in [-0.39, 0.29) is 18.1 Å². The van der Waals surface area contributed by atoms with Crippen LogP contribution in [0, 0.1) is 11.3 Å². The maximum absolute atomic E-state index is 11.8. The molecule has 0 aliphatic heterocycles. The van der Waals surface area contributed by atoms with Gasteiger partial charge in [-0.25, -0.2) is 0 Å². The Kier molecular flexibility index (Phi) is 5.67. The number of carbonyl (C=O) groups excluding carboxylic acids is 2. The molecule has 1 aromatic heterocycles. The van der Waals surface area contributed by atoms with Crippen LogP contribution in [0.5, 0.6) is 0 Å². The van der Waals surface area contributed by atoms with Crippen molar-refractivity contribution in [2.75, 3.05) is 11.9 Å². The normalized spacial score (nSPS) is 9.74. The summed E-state index contributed by atoms with van der Waals surface area (Å²) < 4.78 is 0. The van der Waals surface area contributed by atoms with Crippen molar-refractivity contribution in [3.05, 3.63) is 58.9 Å². The fourth-order valence-corrected chi connectivity index (χ4v) is 1.94. The second-order valence-electron chi connectivity index (χ2n) is 4.62. The van der Waals surface area contributed by atoms with Crippen LogP contribution in [0.25, 0.3) is 0 Å². The summed E-state index contributed by atoms with van der Waals surface area (Å²) in [5, 5.41) is 14.1. The monoisotopic (exact) mass is 328 g/mol. The van der Waals surface area contributed by atoms with E-state index in [0.29, 0.717) is 17.1 Å². The van der Waals surface area contributed by atoms with Crippen molar-refractivity contribution >= 4 is 29.1 Å². The van der Waals surface area contributed by atoms with Gasteiger partial charge in [-0.15, -0.1) is 0 Å². The lowest BCUT2D eigenvalue weighted by Crippen LogP contribution is -2.33. The summed E-state index contributed by atoms with van der Waals surface area (Å²) in [7, 11) is 0. The Labute approximate surface area is 138 Å². The number of nitriles is 1. The lowest BCUT2D eigenvalue weighted by atomic mass is 10.1. The quantitative estimate of drug-likeness (QED) is 0.879. The molecule has 0 radical (unpaired) electrons. The molecule has 7 heteroatoms. The van der Waals surface area contributed by atoms with E-state index >= 15 is 0 Å². The molecule has 0 saturated heterocycles. The second kappa shape index (κ2) is 7.92. The van der Waals surface area contributed by atoms with E-state index in [0.717, 1.165) is 5.56 Å². The third kappa shape index (κ3) is 5.09. The molecule has 0 spiro atoms. The molecule has 6 nitrogen and oxygen atoms in total. The number of hydrogen-bond acceptors (Lipinski definition) is 4. The average Bonchev–Trinajstić information content (AvgIpc) is 2.55. The third-order valence-corrected chi connectivity index (χ3v) is 3.12. The van der Waals surface area contributed by atoms with Crippen molar-refractivity contribution in [2.24, 2.45) is 0 Å². The summed E-state index contributed by atoms with van der Waals surface area (Å²) in [4.78, 5) is 27.5. The van der Waals surface area contributed by atoms with Crippen LogP contribution in [0.1, 0.15) is 16.1 Å². The molecule has 0 atom stereocenters. The molecule has 2 amide bonds. The molecule has 23 heavy (non-hydrogen) atoms. The van der Waals surface area contributed by atoms with Crippen molar-refractivity contribution in [3.63, 3.8) is 0 Å². The molecule has 2 aromatic rings. The number of carbonyl (C=O) groups is 2.